The van der Waals surface area contributed by atoms with Crippen molar-refractivity contribution in [2.45, 2.75) is 73.6 Å². The second-order valence-corrected chi connectivity index (χ2v) is 11.0. The Labute approximate surface area is 250 Å². The Kier molecular flexibility index (Phi) is 9.18. The summed E-state index contributed by atoms with van der Waals surface area (Å²) in [6.07, 6.45) is 8.37. The normalized spacial score (nSPS) is 22.5. The molecule has 1 fully saturated rings. The van der Waals surface area contributed by atoms with Crippen molar-refractivity contribution in [2.24, 2.45) is 10.9 Å². The number of amides is 2. The number of carbonyl (C=O) groups is 4. The fraction of sp³-hybridized carbons (Fsp3) is 0.364. The molecule has 2 amide bonds. The van der Waals surface area contributed by atoms with Crippen LogP contribution >= 0.6 is 0 Å². The molecule has 5 N–H and O–H groups in total. The molecular weight excluding hydrogens is 548 g/mol. The van der Waals surface area contributed by atoms with Gasteiger partial charge in [-0.2, -0.15) is 0 Å². The van der Waals surface area contributed by atoms with Crippen LogP contribution in [0.25, 0.3) is 12.2 Å². The summed E-state index contributed by atoms with van der Waals surface area (Å²) in [7, 11) is 0. The van der Waals surface area contributed by atoms with Crippen LogP contribution in [0.1, 0.15) is 82.8 Å². The number of carboxylic acid groups (broad SMARTS) is 2. The zero-order chi connectivity index (χ0) is 31.6. The Morgan fingerprint density at radius 2 is 1.56 bits per heavy atom. The van der Waals surface area contributed by atoms with Gasteiger partial charge in [-0.05, 0) is 106 Å². The van der Waals surface area contributed by atoms with E-state index in [0.29, 0.717) is 40.5 Å². The molecule has 1 aromatic heterocycles. The molecule has 3 aliphatic heterocycles. The fourth-order valence-electron chi connectivity index (χ4n) is 5.76. The molecule has 1 saturated heterocycles. The monoisotopic (exact) mass is 586 g/mol. The number of carboxylic acids is 2. The maximum Gasteiger partial charge on any atom is 0.303 e. The second-order valence-electron chi connectivity index (χ2n) is 11.0. The number of rotatable bonds is 10. The first-order valence-corrected chi connectivity index (χ1v) is 14.4. The lowest BCUT2D eigenvalue weighted by molar-refractivity contribution is -0.138. The summed E-state index contributed by atoms with van der Waals surface area (Å²) in [4.78, 5) is 56.0. The molecule has 4 heterocycles. The Morgan fingerprint density at radius 1 is 0.884 bits per heavy atom. The summed E-state index contributed by atoms with van der Waals surface area (Å²) in [5.41, 5.74) is 9.62. The largest absolute Gasteiger partial charge is 0.481 e. The lowest BCUT2D eigenvalue weighted by Crippen LogP contribution is -2.17. The number of aliphatic carboxylic acids is 2. The molecule has 43 heavy (non-hydrogen) atoms. The number of carbonyl (C=O) groups excluding carboxylic acids is 2. The molecule has 0 aliphatic carbocycles. The highest BCUT2D eigenvalue weighted by molar-refractivity contribution is 6.14. The summed E-state index contributed by atoms with van der Waals surface area (Å²) < 4.78 is 0. The molecule has 0 saturated carbocycles. The second kappa shape index (κ2) is 12.6. The third-order valence-corrected chi connectivity index (χ3v) is 8.34. The molecule has 0 aromatic carbocycles. The zero-order valence-corrected chi connectivity index (χ0v) is 25.4. The van der Waals surface area contributed by atoms with Crippen LogP contribution in [0.2, 0.25) is 0 Å². The summed E-state index contributed by atoms with van der Waals surface area (Å²) in [6, 6.07) is 0. The third kappa shape index (κ3) is 6.38. The smallest absolute Gasteiger partial charge is 0.303 e. The predicted molar refractivity (Wildman–Crippen MR) is 165 cm³/mol. The zero-order valence-electron chi connectivity index (χ0n) is 25.4. The standard InChI is InChI=1S/C33H38N4O6/c1-7-20-19(6)32(42)37-27(20)14-25-18(5)23(10-12-31(40)41)29(35-25)15-28-22(9-11-30(38)39)17(4)24(34-28)13-26-16(3)21(8-2)33(43)36-26/h7,13-15,19,35H,8-12H2,1-6H3,(H,36,43)(H,37,42)(H,38,39)(H,40,41)/b20-7+,26-13-,27-14-,28-15-/t19-/m1/s1. The van der Waals surface area contributed by atoms with E-state index in [1.165, 1.54) is 0 Å². The Hall–Kier alpha value is -4.73. The topological polar surface area (TPSA) is 161 Å². The number of aromatic amines is 1. The molecule has 1 atom stereocenters. The lowest BCUT2D eigenvalue weighted by Gasteiger charge is -2.06. The number of hydrogen-bond donors (Lipinski definition) is 5. The average molecular weight is 587 g/mol. The molecule has 3 aliphatic rings. The summed E-state index contributed by atoms with van der Waals surface area (Å²) in [5.74, 6) is -2.35. The van der Waals surface area contributed by atoms with E-state index in [4.69, 9.17) is 4.99 Å². The molecule has 0 bridgehead atoms. The molecule has 4 rings (SSSR count). The Bertz CT molecular complexity index is 1640. The van der Waals surface area contributed by atoms with Crippen molar-refractivity contribution in [2.75, 3.05) is 0 Å². The van der Waals surface area contributed by atoms with Crippen LogP contribution < -0.4 is 10.6 Å². The van der Waals surface area contributed by atoms with E-state index in [-0.39, 0.29) is 43.4 Å². The molecule has 1 aromatic rings. The summed E-state index contributed by atoms with van der Waals surface area (Å²) >= 11 is 0. The minimum atomic E-state index is -0.930. The van der Waals surface area contributed by atoms with Gasteiger partial charge in [-0.25, -0.2) is 4.99 Å². The maximum atomic E-state index is 12.4. The van der Waals surface area contributed by atoms with Crippen LogP contribution in [0.3, 0.4) is 0 Å². The Morgan fingerprint density at radius 3 is 2.16 bits per heavy atom. The van der Waals surface area contributed by atoms with E-state index < -0.39 is 11.9 Å². The van der Waals surface area contributed by atoms with Crippen molar-refractivity contribution in [3.63, 3.8) is 0 Å². The predicted octanol–water partition coefficient (Wildman–Crippen LogP) is 5.11. The number of hydrogen-bond acceptors (Lipinski definition) is 5. The van der Waals surface area contributed by atoms with Gasteiger partial charge in [0.2, 0.25) is 5.91 Å². The van der Waals surface area contributed by atoms with Gasteiger partial charge in [0.05, 0.1) is 17.3 Å². The van der Waals surface area contributed by atoms with E-state index in [1.54, 1.807) is 0 Å². The quantitative estimate of drug-likeness (QED) is 0.256. The van der Waals surface area contributed by atoms with Gasteiger partial charge in [0.1, 0.15) is 0 Å². The van der Waals surface area contributed by atoms with Crippen LogP contribution in [-0.4, -0.2) is 44.7 Å². The van der Waals surface area contributed by atoms with E-state index in [0.717, 1.165) is 39.1 Å². The number of nitrogens with one attached hydrogen (secondary N) is 3. The van der Waals surface area contributed by atoms with Crippen LogP contribution in [0.5, 0.6) is 0 Å². The Balaban J connectivity index is 1.84. The van der Waals surface area contributed by atoms with E-state index in [2.05, 4.69) is 15.6 Å². The van der Waals surface area contributed by atoms with Gasteiger partial charge in [0.25, 0.3) is 5.91 Å². The minimum absolute atomic E-state index is 0.0782. The van der Waals surface area contributed by atoms with Crippen molar-refractivity contribution >= 4 is 41.6 Å². The van der Waals surface area contributed by atoms with Crippen molar-refractivity contribution in [1.82, 2.24) is 15.6 Å². The highest BCUT2D eigenvalue weighted by atomic mass is 16.4. The minimum Gasteiger partial charge on any atom is -0.481 e. The van der Waals surface area contributed by atoms with Gasteiger partial charge < -0.3 is 25.8 Å². The highest BCUT2D eigenvalue weighted by Crippen LogP contribution is 2.35. The van der Waals surface area contributed by atoms with Gasteiger partial charge in [0.15, 0.2) is 0 Å². The number of aromatic nitrogens is 1. The molecule has 10 heteroatoms. The molecule has 0 spiro atoms. The van der Waals surface area contributed by atoms with Crippen molar-refractivity contribution in [1.29, 1.82) is 0 Å². The van der Waals surface area contributed by atoms with Gasteiger partial charge in [-0.15, -0.1) is 0 Å². The molecule has 10 nitrogen and oxygen atoms in total. The first-order chi connectivity index (χ1) is 20.4. The van der Waals surface area contributed by atoms with Gasteiger partial charge in [-0.3, -0.25) is 19.2 Å². The molecular formula is C33H38N4O6. The van der Waals surface area contributed by atoms with Crippen LogP contribution in [-0.2, 0) is 25.6 Å². The maximum absolute atomic E-state index is 12.4. The summed E-state index contributed by atoms with van der Waals surface area (Å²) in [5, 5.41) is 24.7. The highest BCUT2D eigenvalue weighted by Gasteiger charge is 2.30. The van der Waals surface area contributed by atoms with Gasteiger partial charge in [0, 0.05) is 41.2 Å². The van der Waals surface area contributed by atoms with E-state index in [9.17, 15) is 29.4 Å². The van der Waals surface area contributed by atoms with E-state index >= 15 is 0 Å². The van der Waals surface area contributed by atoms with Gasteiger partial charge >= 0.3 is 11.9 Å². The van der Waals surface area contributed by atoms with Gasteiger partial charge in [-0.1, -0.05) is 13.0 Å². The first kappa shape index (κ1) is 31.2. The lowest BCUT2D eigenvalue weighted by atomic mass is 9.98. The third-order valence-electron chi connectivity index (χ3n) is 8.34. The fourth-order valence-corrected chi connectivity index (χ4v) is 5.76. The molecule has 0 radical (unpaired) electrons. The van der Waals surface area contributed by atoms with E-state index in [1.807, 2.05) is 65.8 Å². The summed E-state index contributed by atoms with van der Waals surface area (Å²) in [6.45, 7) is 11.3. The van der Waals surface area contributed by atoms with Crippen LogP contribution in [0.4, 0.5) is 0 Å². The molecule has 226 valence electrons. The number of allylic oxidation sites excluding steroid dienone is 6. The van der Waals surface area contributed by atoms with Crippen LogP contribution in [0, 0.1) is 12.8 Å². The molecule has 0 unspecified atom stereocenters. The first-order valence-electron chi connectivity index (χ1n) is 14.4. The van der Waals surface area contributed by atoms with Crippen molar-refractivity contribution in [3.8, 4) is 0 Å². The average Bonchev–Trinajstić information content (AvgIpc) is 3.59. The number of aliphatic imine (C=N–C) groups is 1. The van der Waals surface area contributed by atoms with Crippen molar-refractivity contribution in [3.05, 3.63) is 79.6 Å². The van der Waals surface area contributed by atoms with Crippen LogP contribution in [0.15, 0.2) is 62.1 Å². The SMILES string of the molecule is C/C=C1/C(=C/c2[nH]c(/C=C3N=C(/C=C4\NC(=O)C(CC)=C4C)C(C)=C\3CCC(=O)O)c(CCC(=O)O)c2C)NC(=O)[C@@H]1C. The number of H-pyrrole nitrogens is 1. The number of nitrogens with zero attached hydrogens (tertiary/aromatic N) is 1. The van der Waals surface area contributed by atoms with Crippen molar-refractivity contribution < 1.29 is 29.4 Å².